The Morgan fingerprint density at radius 1 is 1.21 bits per heavy atom. The van der Waals surface area contributed by atoms with Crippen LogP contribution in [-0.2, 0) is 18.1 Å². The Bertz CT molecular complexity index is 1090. The van der Waals surface area contributed by atoms with Gasteiger partial charge in [-0.15, -0.1) is 11.3 Å². The van der Waals surface area contributed by atoms with Crippen LogP contribution in [0.4, 0.5) is 13.2 Å². The van der Waals surface area contributed by atoms with Gasteiger partial charge in [-0.25, -0.2) is 4.98 Å². The Morgan fingerprint density at radius 3 is 2.54 bits per heavy atom. The minimum atomic E-state index is -4.53. The lowest BCUT2D eigenvalue weighted by Crippen LogP contribution is -2.33. The number of amides is 1. The second kappa shape index (κ2) is 7.05. The number of carbonyl (C=O) groups excluding carboxylic acids is 1. The second-order valence-electron chi connectivity index (χ2n) is 7.30. The number of alkyl halides is 3. The Labute approximate surface area is 162 Å². The normalized spacial score (nSPS) is 12.4. The monoisotopic (exact) mass is 409 g/mol. The van der Waals surface area contributed by atoms with Gasteiger partial charge in [0.1, 0.15) is 5.56 Å². The molecule has 1 N–H and O–H groups in total. The second-order valence-corrected chi connectivity index (χ2v) is 8.14. The highest BCUT2D eigenvalue weighted by Gasteiger charge is 2.33. The molecule has 0 fully saturated rings. The molecule has 0 spiro atoms. The molecule has 0 radical (unpaired) electrons. The fourth-order valence-corrected chi connectivity index (χ4v) is 3.86. The van der Waals surface area contributed by atoms with Crippen molar-refractivity contribution < 1.29 is 18.0 Å². The van der Waals surface area contributed by atoms with E-state index in [1.54, 1.807) is 0 Å². The van der Waals surface area contributed by atoms with Crippen molar-refractivity contribution >= 4 is 22.2 Å². The van der Waals surface area contributed by atoms with Gasteiger partial charge in [-0.05, 0) is 11.6 Å². The highest BCUT2D eigenvalue weighted by atomic mass is 32.1. The molecule has 0 aliphatic heterocycles. The minimum absolute atomic E-state index is 0.0802. The Morgan fingerprint density at radius 2 is 1.89 bits per heavy atom. The van der Waals surface area contributed by atoms with Crippen molar-refractivity contribution in [2.45, 2.75) is 38.9 Å². The molecule has 0 saturated heterocycles. The number of hydrogen-bond acceptors (Lipinski definition) is 4. The van der Waals surface area contributed by atoms with Crippen LogP contribution in [0.1, 0.15) is 48.0 Å². The van der Waals surface area contributed by atoms with Gasteiger partial charge in [0.2, 0.25) is 0 Å². The lowest BCUT2D eigenvalue weighted by Gasteiger charge is -2.17. The molecule has 3 rings (SSSR count). The van der Waals surface area contributed by atoms with Crippen LogP contribution in [0.15, 0.2) is 40.6 Å². The topological polar surface area (TPSA) is 63.5 Å². The summed E-state index contributed by atoms with van der Waals surface area (Å²) < 4.78 is 40.6. The molecule has 3 aromatic rings. The summed E-state index contributed by atoms with van der Waals surface area (Å²) in [5.41, 5.74) is -1.30. The predicted molar refractivity (Wildman–Crippen MR) is 101 cm³/mol. The van der Waals surface area contributed by atoms with E-state index in [0.29, 0.717) is 10.7 Å². The van der Waals surface area contributed by atoms with E-state index in [2.05, 4.69) is 10.3 Å². The fourth-order valence-electron chi connectivity index (χ4n) is 2.79. The molecule has 9 heteroatoms. The van der Waals surface area contributed by atoms with Crippen molar-refractivity contribution in [3.8, 4) is 0 Å². The summed E-state index contributed by atoms with van der Waals surface area (Å²) in [6.45, 7) is 5.44. The number of benzene rings is 1. The number of aromatic nitrogens is 2. The zero-order chi connectivity index (χ0) is 20.7. The first kappa shape index (κ1) is 20.1. The lowest BCUT2D eigenvalue weighted by molar-refractivity contribution is -0.138. The van der Waals surface area contributed by atoms with Crippen LogP contribution in [0, 0.1) is 0 Å². The van der Waals surface area contributed by atoms with E-state index in [-0.39, 0.29) is 23.1 Å². The van der Waals surface area contributed by atoms with Gasteiger partial charge in [0.05, 0.1) is 5.56 Å². The molecular formula is C19H18F3N3O2S. The highest BCUT2D eigenvalue weighted by molar-refractivity contribution is 7.15. The number of carbonyl (C=O) groups is 1. The van der Waals surface area contributed by atoms with E-state index < -0.39 is 23.2 Å². The Balaban J connectivity index is 1.92. The molecule has 0 atom stereocenters. The van der Waals surface area contributed by atoms with Crippen molar-refractivity contribution in [1.82, 2.24) is 14.7 Å². The fraction of sp³-hybridized carbons (Fsp3) is 0.316. The van der Waals surface area contributed by atoms with Crippen LogP contribution in [0.3, 0.4) is 0 Å². The number of halogens is 3. The third-order valence-electron chi connectivity index (χ3n) is 4.22. The molecule has 5 nitrogen and oxygen atoms in total. The van der Waals surface area contributed by atoms with Crippen LogP contribution in [0.5, 0.6) is 0 Å². The van der Waals surface area contributed by atoms with E-state index in [1.165, 1.54) is 33.9 Å². The van der Waals surface area contributed by atoms with Crippen molar-refractivity contribution in [2.75, 3.05) is 0 Å². The van der Waals surface area contributed by atoms with Gasteiger partial charge in [0.25, 0.3) is 11.5 Å². The van der Waals surface area contributed by atoms with Crippen LogP contribution >= 0.6 is 11.3 Å². The molecule has 0 saturated carbocycles. The first-order chi connectivity index (χ1) is 13.0. The zero-order valence-corrected chi connectivity index (χ0v) is 16.2. The van der Waals surface area contributed by atoms with Gasteiger partial charge in [0.15, 0.2) is 4.96 Å². The molecule has 1 amide bonds. The van der Waals surface area contributed by atoms with Gasteiger partial charge in [-0.2, -0.15) is 13.2 Å². The third kappa shape index (κ3) is 3.80. The number of thiazole rings is 1. The quantitative estimate of drug-likeness (QED) is 0.711. The highest BCUT2D eigenvalue weighted by Crippen LogP contribution is 2.31. The summed E-state index contributed by atoms with van der Waals surface area (Å²) >= 11 is 1.29. The molecule has 148 valence electrons. The van der Waals surface area contributed by atoms with Gasteiger partial charge in [0, 0.05) is 29.2 Å². The number of fused-ring (bicyclic) bond motifs is 1. The first-order valence-electron chi connectivity index (χ1n) is 8.43. The van der Waals surface area contributed by atoms with E-state index in [4.69, 9.17) is 0 Å². The molecule has 0 bridgehead atoms. The molecule has 2 heterocycles. The van der Waals surface area contributed by atoms with Crippen molar-refractivity contribution in [2.24, 2.45) is 0 Å². The number of nitrogens with one attached hydrogen (secondary N) is 1. The Hall–Kier alpha value is -2.68. The average molecular weight is 409 g/mol. The van der Waals surface area contributed by atoms with E-state index in [0.717, 1.165) is 12.3 Å². The van der Waals surface area contributed by atoms with E-state index >= 15 is 0 Å². The van der Waals surface area contributed by atoms with E-state index in [1.807, 2.05) is 26.2 Å². The largest absolute Gasteiger partial charge is 0.416 e. The number of hydrogen-bond donors (Lipinski definition) is 1. The van der Waals surface area contributed by atoms with Crippen LogP contribution in [-0.4, -0.2) is 15.3 Å². The summed E-state index contributed by atoms with van der Waals surface area (Å²) in [6.07, 6.45) is -3.37. The van der Waals surface area contributed by atoms with Crippen LogP contribution in [0.2, 0.25) is 0 Å². The Kier molecular flexibility index (Phi) is 5.05. The van der Waals surface area contributed by atoms with Crippen LogP contribution in [0.25, 0.3) is 4.96 Å². The third-order valence-corrected chi connectivity index (χ3v) is 5.06. The molecule has 0 unspecified atom stereocenters. The summed E-state index contributed by atoms with van der Waals surface area (Å²) in [6, 6.07) is 4.97. The molecule has 2 aromatic heterocycles. The molecule has 0 aliphatic carbocycles. The smallest absolute Gasteiger partial charge is 0.348 e. The van der Waals surface area contributed by atoms with Gasteiger partial charge in [-0.3, -0.25) is 14.0 Å². The maximum absolute atomic E-state index is 13.1. The summed E-state index contributed by atoms with van der Waals surface area (Å²) in [7, 11) is 0. The van der Waals surface area contributed by atoms with Crippen molar-refractivity contribution in [1.29, 1.82) is 0 Å². The molecule has 0 aliphatic rings. The van der Waals surface area contributed by atoms with E-state index in [9.17, 15) is 22.8 Å². The van der Waals surface area contributed by atoms with Gasteiger partial charge >= 0.3 is 6.18 Å². The minimum Gasteiger partial charge on any atom is -0.348 e. The molecule has 1 aromatic carbocycles. The van der Waals surface area contributed by atoms with Crippen molar-refractivity contribution in [3.63, 3.8) is 0 Å². The summed E-state index contributed by atoms with van der Waals surface area (Å²) in [5, 5.41) is 4.21. The van der Waals surface area contributed by atoms with Gasteiger partial charge < -0.3 is 5.32 Å². The lowest BCUT2D eigenvalue weighted by atomic mass is 9.93. The molecule has 28 heavy (non-hydrogen) atoms. The first-order valence-corrected chi connectivity index (χ1v) is 9.31. The zero-order valence-electron chi connectivity index (χ0n) is 15.4. The van der Waals surface area contributed by atoms with Gasteiger partial charge in [-0.1, -0.05) is 39.0 Å². The number of rotatable bonds is 3. The molecular weight excluding hydrogens is 391 g/mol. The summed E-state index contributed by atoms with van der Waals surface area (Å²) in [5.74, 6) is -0.769. The number of nitrogens with zero attached hydrogens (tertiary/aromatic N) is 2. The standard InChI is InChI=1S/C19H18F3N3O2S/c1-18(2,3)14-10-28-17-24-9-12(16(27)25(14)17)15(26)23-8-11-6-4-5-7-13(11)19(20,21)22/h4-7,9-10H,8H2,1-3H3,(H,23,26). The maximum atomic E-state index is 13.1. The van der Waals surface area contributed by atoms with Crippen LogP contribution < -0.4 is 10.9 Å². The SMILES string of the molecule is CC(C)(C)c1csc2ncc(C(=O)NCc3ccccc3C(F)(F)F)c(=O)n12. The average Bonchev–Trinajstić information content (AvgIpc) is 3.05. The maximum Gasteiger partial charge on any atom is 0.416 e. The predicted octanol–water partition coefficient (Wildman–Crippen LogP) is 4.00. The summed E-state index contributed by atoms with van der Waals surface area (Å²) in [4.78, 5) is 29.9. The van der Waals surface area contributed by atoms with Crippen molar-refractivity contribution in [3.05, 3.63) is 68.6 Å².